The lowest BCUT2D eigenvalue weighted by molar-refractivity contribution is -0.128. The third kappa shape index (κ3) is 7.53. The zero-order valence-electron chi connectivity index (χ0n) is 15.3. The highest BCUT2D eigenvalue weighted by Crippen LogP contribution is 2.19. The van der Waals surface area contributed by atoms with Gasteiger partial charge in [-0.05, 0) is 59.8 Å². The van der Waals surface area contributed by atoms with Gasteiger partial charge in [-0.25, -0.2) is 0 Å². The van der Waals surface area contributed by atoms with Gasteiger partial charge in [0.2, 0.25) is 5.91 Å². The van der Waals surface area contributed by atoms with E-state index in [9.17, 15) is 4.79 Å². The van der Waals surface area contributed by atoms with Gasteiger partial charge in [0.25, 0.3) is 0 Å². The molecule has 0 bridgehead atoms. The van der Waals surface area contributed by atoms with E-state index in [1.807, 2.05) is 20.8 Å². The Morgan fingerprint density at radius 2 is 1.91 bits per heavy atom. The topological polar surface area (TPSA) is 65.5 Å². The second kappa shape index (κ2) is 10.3. The molecule has 1 rings (SSSR count). The molecule has 0 fully saturated rings. The molecule has 0 unspecified atom stereocenters. The van der Waals surface area contributed by atoms with E-state index in [0.29, 0.717) is 13.1 Å². The van der Waals surface area contributed by atoms with Gasteiger partial charge in [-0.15, -0.1) is 0 Å². The van der Waals surface area contributed by atoms with Crippen LogP contribution in [0.1, 0.15) is 59.8 Å². The number of hydrogen-bond acceptors (Lipinski definition) is 2. The number of amides is 1. The van der Waals surface area contributed by atoms with Crippen molar-refractivity contribution in [3.63, 3.8) is 0 Å². The Morgan fingerprint density at radius 3 is 2.52 bits per heavy atom. The third-order valence-corrected chi connectivity index (χ3v) is 4.05. The van der Waals surface area contributed by atoms with Crippen LogP contribution in [-0.4, -0.2) is 38.0 Å². The fraction of sp³-hybridized carbons (Fsp3) is 0.778. The number of nitrogens with one attached hydrogen (secondary N) is 3. The lowest BCUT2D eigenvalue weighted by atomic mass is 9.92. The van der Waals surface area contributed by atoms with Crippen LogP contribution < -0.4 is 16.0 Å². The van der Waals surface area contributed by atoms with Gasteiger partial charge in [0.15, 0.2) is 5.96 Å². The summed E-state index contributed by atoms with van der Waals surface area (Å²) in [6.07, 6.45) is 8.57. The van der Waals surface area contributed by atoms with Crippen LogP contribution in [0.5, 0.6) is 0 Å². The second-order valence-electron chi connectivity index (χ2n) is 6.72. The van der Waals surface area contributed by atoms with E-state index in [4.69, 9.17) is 0 Å². The third-order valence-electron chi connectivity index (χ3n) is 4.05. The second-order valence-corrected chi connectivity index (χ2v) is 6.72. The molecule has 0 aromatic rings. The van der Waals surface area contributed by atoms with Crippen LogP contribution in [0, 0.1) is 5.41 Å². The Morgan fingerprint density at radius 1 is 1.17 bits per heavy atom. The Labute approximate surface area is 141 Å². The van der Waals surface area contributed by atoms with Gasteiger partial charge in [-0.3, -0.25) is 9.79 Å². The first-order valence-electron chi connectivity index (χ1n) is 8.98. The van der Waals surface area contributed by atoms with Crippen molar-refractivity contribution in [1.29, 1.82) is 0 Å². The molecule has 3 N–H and O–H groups in total. The number of hydrogen-bond donors (Lipinski definition) is 3. The van der Waals surface area contributed by atoms with Gasteiger partial charge in [-0.1, -0.05) is 11.6 Å². The number of nitrogens with zero attached hydrogens (tertiary/aromatic N) is 1. The van der Waals surface area contributed by atoms with Crippen molar-refractivity contribution in [3.8, 4) is 0 Å². The Hall–Kier alpha value is -1.52. The summed E-state index contributed by atoms with van der Waals surface area (Å²) in [4.78, 5) is 16.6. The van der Waals surface area contributed by atoms with Crippen molar-refractivity contribution < 1.29 is 4.79 Å². The highest BCUT2D eigenvalue weighted by atomic mass is 16.2. The molecular formula is C18H34N4O. The van der Waals surface area contributed by atoms with Gasteiger partial charge >= 0.3 is 0 Å². The molecule has 0 saturated carbocycles. The molecule has 1 amide bonds. The normalized spacial score (nSPS) is 15.8. The minimum absolute atomic E-state index is 0.0481. The summed E-state index contributed by atoms with van der Waals surface area (Å²) < 4.78 is 0. The van der Waals surface area contributed by atoms with Crippen molar-refractivity contribution in [1.82, 2.24) is 16.0 Å². The number of aliphatic imine (C=N–C) groups is 1. The van der Waals surface area contributed by atoms with Crippen molar-refractivity contribution >= 4 is 11.9 Å². The van der Waals surface area contributed by atoms with E-state index in [2.05, 4.69) is 33.9 Å². The highest BCUT2D eigenvalue weighted by Gasteiger charge is 2.26. The van der Waals surface area contributed by atoms with Gasteiger partial charge in [0.05, 0.1) is 12.0 Å². The fourth-order valence-electron chi connectivity index (χ4n) is 2.56. The molecule has 0 aromatic carbocycles. The van der Waals surface area contributed by atoms with Crippen LogP contribution in [0.15, 0.2) is 16.6 Å². The molecule has 0 spiro atoms. The average Bonchev–Trinajstić information content (AvgIpc) is 2.54. The van der Waals surface area contributed by atoms with Gasteiger partial charge in [-0.2, -0.15) is 0 Å². The molecule has 0 saturated heterocycles. The maximum absolute atomic E-state index is 12.0. The predicted octanol–water partition coefficient (Wildman–Crippen LogP) is 2.59. The quantitative estimate of drug-likeness (QED) is 0.366. The number of carbonyl (C=O) groups is 1. The van der Waals surface area contributed by atoms with Gasteiger partial charge in [0, 0.05) is 19.6 Å². The van der Waals surface area contributed by atoms with Gasteiger partial charge < -0.3 is 16.0 Å². The van der Waals surface area contributed by atoms with E-state index in [-0.39, 0.29) is 5.91 Å². The molecule has 5 heteroatoms. The number of allylic oxidation sites excluding steroid dienone is 1. The Kier molecular flexibility index (Phi) is 8.74. The van der Waals surface area contributed by atoms with E-state index < -0.39 is 5.41 Å². The standard InChI is InChI=1S/C18H34N4O/c1-5-19-16(23)18(3,4)14-22-17(20-6-2)21-13-12-15-10-8-7-9-11-15/h10H,5-9,11-14H2,1-4H3,(H,19,23)(H2,20,21,22). The van der Waals surface area contributed by atoms with Crippen LogP contribution in [0.4, 0.5) is 0 Å². The maximum atomic E-state index is 12.0. The first-order valence-corrected chi connectivity index (χ1v) is 8.98. The van der Waals surface area contributed by atoms with Crippen molar-refractivity contribution in [2.24, 2.45) is 10.4 Å². The summed E-state index contributed by atoms with van der Waals surface area (Å²) in [7, 11) is 0. The average molecular weight is 322 g/mol. The molecular weight excluding hydrogens is 288 g/mol. The molecule has 1 aliphatic rings. The monoisotopic (exact) mass is 322 g/mol. The number of carbonyl (C=O) groups excluding carboxylic acids is 1. The molecule has 0 aliphatic heterocycles. The van der Waals surface area contributed by atoms with Crippen LogP contribution >= 0.6 is 0 Å². The molecule has 0 radical (unpaired) electrons. The predicted molar refractivity (Wildman–Crippen MR) is 97.6 cm³/mol. The number of rotatable bonds is 8. The lowest BCUT2D eigenvalue weighted by Gasteiger charge is -2.22. The summed E-state index contributed by atoms with van der Waals surface area (Å²) in [6.45, 7) is 10.7. The minimum Gasteiger partial charge on any atom is -0.357 e. The summed E-state index contributed by atoms with van der Waals surface area (Å²) in [5.74, 6) is 0.841. The highest BCUT2D eigenvalue weighted by molar-refractivity contribution is 5.83. The molecule has 5 nitrogen and oxygen atoms in total. The summed E-state index contributed by atoms with van der Waals surface area (Å²) in [5, 5.41) is 9.50. The first kappa shape index (κ1) is 19.5. The van der Waals surface area contributed by atoms with Crippen molar-refractivity contribution in [2.75, 3.05) is 26.2 Å². The smallest absolute Gasteiger partial charge is 0.227 e. The molecule has 0 aromatic heterocycles. The Bertz CT molecular complexity index is 427. The first-order chi connectivity index (χ1) is 11.0. The van der Waals surface area contributed by atoms with Crippen molar-refractivity contribution in [2.45, 2.75) is 59.8 Å². The molecule has 0 atom stereocenters. The van der Waals surface area contributed by atoms with E-state index in [1.54, 1.807) is 5.57 Å². The van der Waals surface area contributed by atoms with Crippen molar-refractivity contribution in [3.05, 3.63) is 11.6 Å². The molecule has 132 valence electrons. The van der Waals surface area contributed by atoms with E-state index in [1.165, 1.54) is 25.7 Å². The van der Waals surface area contributed by atoms with Crippen LogP contribution in [-0.2, 0) is 4.79 Å². The van der Waals surface area contributed by atoms with Gasteiger partial charge in [0.1, 0.15) is 0 Å². The molecule has 23 heavy (non-hydrogen) atoms. The SMILES string of the molecule is CCNC(=O)C(C)(C)CN=C(NCC)NCCC1=CCCCC1. The Balaban J connectivity index is 2.48. The summed E-state index contributed by atoms with van der Waals surface area (Å²) in [5.41, 5.74) is 1.06. The number of guanidine groups is 1. The van der Waals surface area contributed by atoms with Crippen LogP contribution in [0.3, 0.4) is 0 Å². The van der Waals surface area contributed by atoms with E-state index in [0.717, 1.165) is 25.5 Å². The van der Waals surface area contributed by atoms with Crippen LogP contribution in [0.25, 0.3) is 0 Å². The zero-order valence-corrected chi connectivity index (χ0v) is 15.3. The summed E-state index contributed by atoms with van der Waals surface area (Å²) >= 11 is 0. The van der Waals surface area contributed by atoms with Crippen LogP contribution in [0.2, 0.25) is 0 Å². The molecule has 0 heterocycles. The maximum Gasteiger partial charge on any atom is 0.227 e. The zero-order chi connectivity index (χ0) is 17.1. The summed E-state index contributed by atoms with van der Waals surface area (Å²) in [6, 6.07) is 0. The lowest BCUT2D eigenvalue weighted by Crippen LogP contribution is -2.42. The fourth-order valence-corrected chi connectivity index (χ4v) is 2.56. The van der Waals surface area contributed by atoms with E-state index >= 15 is 0 Å². The minimum atomic E-state index is -0.496. The largest absolute Gasteiger partial charge is 0.357 e. The molecule has 1 aliphatic carbocycles.